The van der Waals surface area contributed by atoms with Crippen LogP contribution in [0.3, 0.4) is 0 Å². The van der Waals surface area contributed by atoms with Crippen LogP contribution in [0.4, 0.5) is 8.78 Å². The molecule has 0 bridgehead atoms. The van der Waals surface area contributed by atoms with E-state index in [0.717, 1.165) is 0 Å². The van der Waals surface area contributed by atoms with Crippen LogP contribution < -0.4 is 4.74 Å². The Labute approximate surface area is 159 Å². The Bertz CT molecular complexity index is 751. The van der Waals surface area contributed by atoms with Gasteiger partial charge in [-0.1, -0.05) is 12.1 Å². The fourth-order valence-corrected chi connectivity index (χ4v) is 3.35. The molecule has 2 fully saturated rings. The van der Waals surface area contributed by atoms with E-state index in [4.69, 9.17) is 9.84 Å². The van der Waals surface area contributed by atoms with E-state index in [1.807, 2.05) is 0 Å². The molecule has 1 N–H and O–H groups in total. The van der Waals surface area contributed by atoms with Gasteiger partial charge in [0.15, 0.2) is 6.10 Å². The molecule has 2 saturated heterocycles. The van der Waals surface area contributed by atoms with Crippen LogP contribution in [0.1, 0.15) is 23.2 Å². The van der Waals surface area contributed by atoms with Crippen LogP contribution >= 0.6 is 0 Å². The first-order valence-electron chi connectivity index (χ1n) is 8.87. The SMILES string of the molecule is O=C(O)[C@H]1CC[C@@H](C(=O)N2CCN(C(=O)c3ccccc3OC(F)F)CC2)O1. The monoisotopic (exact) mass is 398 g/mol. The second-order valence-corrected chi connectivity index (χ2v) is 6.52. The summed E-state index contributed by atoms with van der Waals surface area (Å²) in [5, 5.41) is 8.95. The number of aliphatic carboxylic acids is 1. The number of carboxylic acids is 1. The number of piperazine rings is 1. The second-order valence-electron chi connectivity index (χ2n) is 6.52. The van der Waals surface area contributed by atoms with E-state index in [9.17, 15) is 23.2 Å². The van der Waals surface area contributed by atoms with Crippen molar-refractivity contribution in [2.45, 2.75) is 31.7 Å². The van der Waals surface area contributed by atoms with E-state index in [1.54, 1.807) is 6.07 Å². The van der Waals surface area contributed by atoms with E-state index < -0.39 is 30.7 Å². The van der Waals surface area contributed by atoms with E-state index in [-0.39, 0.29) is 49.8 Å². The van der Waals surface area contributed by atoms with Gasteiger partial charge >= 0.3 is 12.6 Å². The van der Waals surface area contributed by atoms with Crippen LogP contribution in [-0.4, -0.2) is 77.7 Å². The third-order valence-corrected chi connectivity index (χ3v) is 4.78. The molecule has 0 aliphatic carbocycles. The van der Waals surface area contributed by atoms with E-state index in [0.29, 0.717) is 6.42 Å². The summed E-state index contributed by atoms with van der Waals surface area (Å²) in [4.78, 5) is 39.1. The zero-order chi connectivity index (χ0) is 20.3. The average Bonchev–Trinajstić information content (AvgIpc) is 3.17. The predicted octanol–water partition coefficient (Wildman–Crippen LogP) is 1.20. The van der Waals surface area contributed by atoms with Crippen LogP contribution in [0.15, 0.2) is 24.3 Å². The molecular formula is C18H20F2N2O6. The predicted molar refractivity (Wildman–Crippen MR) is 91.1 cm³/mol. The average molecular weight is 398 g/mol. The highest BCUT2D eigenvalue weighted by Gasteiger charge is 2.38. The Morgan fingerprint density at radius 3 is 2.25 bits per heavy atom. The number of hydrogen-bond acceptors (Lipinski definition) is 5. The van der Waals surface area contributed by atoms with Gasteiger partial charge in [0.1, 0.15) is 11.9 Å². The molecule has 2 amide bonds. The number of halogens is 2. The first kappa shape index (κ1) is 20.0. The van der Waals surface area contributed by atoms with Crippen molar-refractivity contribution in [3.05, 3.63) is 29.8 Å². The normalized spacial score (nSPS) is 22.4. The summed E-state index contributed by atoms with van der Waals surface area (Å²) in [5.74, 6) is -2.03. The molecule has 0 aromatic heterocycles. The minimum absolute atomic E-state index is 0.0333. The number of carbonyl (C=O) groups excluding carboxylic acids is 2. The van der Waals surface area contributed by atoms with Crippen LogP contribution in [0.2, 0.25) is 0 Å². The van der Waals surface area contributed by atoms with E-state index in [2.05, 4.69) is 4.74 Å². The minimum Gasteiger partial charge on any atom is -0.479 e. The van der Waals surface area contributed by atoms with Crippen molar-refractivity contribution >= 4 is 17.8 Å². The van der Waals surface area contributed by atoms with E-state index in [1.165, 1.54) is 28.0 Å². The Balaban J connectivity index is 1.58. The smallest absolute Gasteiger partial charge is 0.387 e. The lowest BCUT2D eigenvalue weighted by molar-refractivity contribution is -0.155. The highest BCUT2D eigenvalue weighted by atomic mass is 19.3. The molecular weight excluding hydrogens is 378 g/mol. The molecule has 0 spiro atoms. The maximum Gasteiger partial charge on any atom is 0.387 e. The highest BCUT2D eigenvalue weighted by molar-refractivity contribution is 5.97. The van der Waals surface area contributed by atoms with Crippen LogP contribution in [0.5, 0.6) is 5.75 Å². The molecule has 2 heterocycles. The van der Waals surface area contributed by atoms with Gasteiger partial charge in [-0.3, -0.25) is 9.59 Å². The molecule has 1 aromatic rings. The molecule has 1 aromatic carbocycles. The number of benzene rings is 1. The van der Waals surface area contributed by atoms with Crippen molar-refractivity contribution in [1.82, 2.24) is 9.80 Å². The van der Waals surface area contributed by atoms with E-state index >= 15 is 0 Å². The van der Waals surface area contributed by atoms with Gasteiger partial charge in [-0.2, -0.15) is 8.78 Å². The molecule has 152 valence electrons. The number of hydrogen-bond donors (Lipinski definition) is 1. The summed E-state index contributed by atoms with van der Waals surface area (Å²) < 4.78 is 34.7. The van der Waals surface area contributed by atoms with Crippen molar-refractivity contribution in [2.75, 3.05) is 26.2 Å². The fraction of sp³-hybridized carbons (Fsp3) is 0.500. The van der Waals surface area contributed by atoms with Gasteiger partial charge in [-0.25, -0.2) is 4.79 Å². The Morgan fingerprint density at radius 1 is 1.04 bits per heavy atom. The molecule has 0 radical (unpaired) electrons. The van der Waals surface area contributed by atoms with Crippen LogP contribution in [0.25, 0.3) is 0 Å². The standard InChI is InChI=1S/C18H20F2N2O6/c19-18(20)28-12-4-2-1-3-11(12)15(23)21-7-9-22(10-8-21)16(24)13-5-6-14(27-13)17(25)26/h1-4,13-14,18H,5-10H2,(H,25,26)/t13-,14+/m0/s1. The molecule has 28 heavy (non-hydrogen) atoms. The number of rotatable bonds is 5. The number of nitrogens with zero attached hydrogens (tertiary/aromatic N) is 2. The first-order chi connectivity index (χ1) is 13.4. The number of carbonyl (C=O) groups is 3. The lowest BCUT2D eigenvalue weighted by Gasteiger charge is -2.36. The van der Waals surface area contributed by atoms with Gasteiger partial charge in [-0.15, -0.1) is 0 Å². The molecule has 10 heteroatoms. The number of para-hydroxylation sites is 1. The van der Waals surface area contributed by atoms with Gasteiger partial charge in [0.05, 0.1) is 5.56 Å². The molecule has 2 atom stereocenters. The van der Waals surface area contributed by atoms with Gasteiger partial charge in [0.2, 0.25) is 0 Å². The van der Waals surface area contributed by atoms with Gasteiger partial charge in [0, 0.05) is 26.2 Å². The number of amides is 2. The Morgan fingerprint density at radius 2 is 1.64 bits per heavy atom. The lowest BCUT2D eigenvalue weighted by atomic mass is 10.1. The Kier molecular flexibility index (Phi) is 6.08. The van der Waals surface area contributed by atoms with Crippen molar-refractivity contribution in [3.63, 3.8) is 0 Å². The summed E-state index contributed by atoms with van der Waals surface area (Å²) in [6, 6.07) is 5.77. The minimum atomic E-state index is -3.04. The van der Waals surface area contributed by atoms with Crippen LogP contribution in [0, 0.1) is 0 Å². The number of ether oxygens (including phenoxy) is 2. The van der Waals surface area contributed by atoms with Gasteiger partial charge < -0.3 is 24.4 Å². The summed E-state index contributed by atoms with van der Waals surface area (Å²) in [6.07, 6.45) is -1.13. The molecule has 8 nitrogen and oxygen atoms in total. The molecule has 0 unspecified atom stereocenters. The zero-order valence-electron chi connectivity index (χ0n) is 14.9. The molecule has 2 aliphatic heterocycles. The van der Waals surface area contributed by atoms with Crippen molar-refractivity contribution in [2.24, 2.45) is 0 Å². The first-order valence-corrected chi connectivity index (χ1v) is 8.87. The van der Waals surface area contributed by atoms with Crippen molar-refractivity contribution in [3.8, 4) is 5.75 Å². The maximum absolute atomic E-state index is 12.7. The largest absolute Gasteiger partial charge is 0.479 e. The topological polar surface area (TPSA) is 96.4 Å². The molecule has 0 saturated carbocycles. The van der Waals surface area contributed by atoms with Crippen molar-refractivity contribution in [1.29, 1.82) is 0 Å². The third kappa shape index (κ3) is 4.38. The summed E-state index contributed by atoms with van der Waals surface area (Å²) >= 11 is 0. The quantitative estimate of drug-likeness (QED) is 0.801. The number of carboxylic acid groups (broad SMARTS) is 1. The molecule has 3 rings (SSSR count). The van der Waals surface area contributed by atoms with Gasteiger partial charge in [0.25, 0.3) is 11.8 Å². The second kappa shape index (κ2) is 8.51. The highest BCUT2D eigenvalue weighted by Crippen LogP contribution is 2.24. The number of alkyl halides is 2. The lowest BCUT2D eigenvalue weighted by Crippen LogP contribution is -2.53. The van der Waals surface area contributed by atoms with Crippen molar-refractivity contribution < 1.29 is 37.7 Å². The summed E-state index contributed by atoms with van der Waals surface area (Å²) in [7, 11) is 0. The summed E-state index contributed by atoms with van der Waals surface area (Å²) in [5.41, 5.74) is 0.0333. The summed E-state index contributed by atoms with van der Waals surface area (Å²) in [6.45, 7) is -2.09. The van der Waals surface area contributed by atoms with Gasteiger partial charge in [-0.05, 0) is 25.0 Å². The fourth-order valence-electron chi connectivity index (χ4n) is 3.35. The zero-order valence-corrected chi connectivity index (χ0v) is 14.9. The third-order valence-electron chi connectivity index (χ3n) is 4.78. The maximum atomic E-state index is 12.7. The molecule has 2 aliphatic rings. The Hall–Kier alpha value is -2.75. The van der Waals surface area contributed by atoms with Crippen LogP contribution in [-0.2, 0) is 14.3 Å².